The Morgan fingerprint density at radius 2 is 1.80 bits per heavy atom. The van der Waals surface area contributed by atoms with E-state index in [2.05, 4.69) is 5.32 Å². The lowest BCUT2D eigenvalue weighted by molar-refractivity contribution is 0.0698. The van der Waals surface area contributed by atoms with Gasteiger partial charge in [0.25, 0.3) is 11.8 Å². The highest BCUT2D eigenvalue weighted by Crippen LogP contribution is 2.20. The lowest BCUT2D eigenvalue weighted by Crippen LogP contribution is -2.46. The Morgan fingerprint density at radius 1 is 1.08 bits per heavy atom. The van der Waals surface area contributed by atoms with E-state index in [0.717, 1.165) is 0 Å². The topological polar surface area (TPSA) is 69.6 Å². The number of nitrogens with one attached hydrogen (secondary N) is 1. The number of likely N-dealkylation sites (tertiary alicyclic amines) is 1. The number of carbonyl (C=O) groups is 2. The Morgan fingerprint density at radius 3 is 2.48 bits per heavy atom. The van der Waals surface area contributed by atoms with Gasteiger partial charge in [-0.3, -0.25) is 9.59 Å². The van der Waals surface area contributed by atoms with Crippen LogP contribution >= 0.6 is 11.6 Å². The molecule has 1 fully saturated rings. The summed E-state index contributed by atoms with van der Waals surface area (Å²) >= 11 is 6.09. The molecule has 6 heteroatoms. The van der Waals surface area contributed by atoms with Gasteiger partial charge in [-0.15, -0.1) is 0 Å². The number of amides is 2. The van der Waals surface area contributed by atoms with Crippen LogP contribution in [-0.2, 0) is 0 Å². The minimum Gasteiger partial charge on any atom is -0.508 e. The summed E-state index contributed by atoms with van der Waals surface area (Å²) in [5.74, 6) is -0.233. The molecule has 0 spiro atoms. The van der Waals surface area contributed by atoms with E-state index in [1.165, 1.54) is 12.1 Å². The summed E-state index contributed by atoms with van der Waals surface area (Å²) in [5.41, 5.74) is 0.931. The molecule has 0 aromatic heterocycles. The smallest absolute Gasteiger partial charge is 0.255 e. The molecule has 5 nitrogen and oxygen atoms in total. The van der Waals surface area contributed by atoms with Gasteiger partial charge in [-0.1, -0.05) is 29.8 Å². The van der Waals surface area contributed by atoms with Crippen LogP contribution in [0.15, 0.2) is 48.5 Å². The first kappa shape index (κ1) is 17.3. The third kappa shape index (κ3) is 4.12. The van der Waals surface area contributed by atoms with Crippen molar-refractivity contribution in [2.75, 3.05) is 13.1 Å². The van der Waals surface area contributed by atoms with Crippen molar-refractivity contribution in [2.24, 2.45) is 0 Å². The van der Waals surface area contributed by atoms with Crippen molar-refractivity contribution in [1.82, 2.24) is 10.2 Å². The number of piperidine rings is 1. The van der Waals surface area contributed by atoms with Gasteiger partial charge in [0.1, 0.15) is 5.75 Å². The highest BCUT2D eigenvalue weighted by Gasteiger charge is 2.25. The quantitative estimate of drug-likeness (QED) is 0.885. The highest BCUT2D eigenvalue weighted by atomic mass is 35.5. The van der Waals surface area contributed by atoms with Gasteiger partial charge in [0, 0.05) is 24.7 Å². The van der Waals surface area contributed by atoms with E-state index < -0.39 is 0 Å². The molecule has 1 saturated heterocycles. The van der Waals surface area contributed by atoms with E-state index in [1.807, 2.05) is 0 Å². The summed E-state index contributed by atoms with van der Waals surface area (Å²) in [5, 5.41) is 12.9. The molecule has 1 heterocycles. The van der Waals surface area contributed by atoms with Gasteiger partial charge in [-0.25, -0.2) is 0 Å². The number of nitrogens with zero attached hydrogens (tertiary/aromatic N) is 1. The van der Waals surface area contributed by atoms with Gasteiger partial charge in [-0.2, -0.15) is 0 Å². The Kier molecular flexibility index (Phi) is 5.24. The van der Waals surface area contributed by atoms with E-state index >= 15 is 0 Å². The second kappa shape index (κ2) is 7.57. The number of hydrogen-bond acceptors (Lipinski definition) is 3. The molecule has 2 aromatic rings. The number of phenolic OH excluding ortho intramolecular Hbond substituents is 1. The summed E-state index contributed by atoms with van der Waals surface area (Å²) in [4.78, 5) is 26.5. The molecule has 0 saturated carbocycles. The summed E-state index contributed by atoms with van der Waals surface area (Å²) in [7, 11) is 0. The summed E-state index contributed by atoms with van der Waals surface area (Å²) < 4.78 is 0. The lowest BCUT2D eigenvalue weighted by atomic mass is 10.0. The second-order valence-electron chi connectivity index (χ2n) is 6.07. The largest absolute Gasteiger partial charge is 0.508 e. The van der Waals surface area contributed by atoms with Crippen LogP contribution in [0, 0.1) is 0 Å². The van der Waals surface area contributed by atoms with Gasteiger partial charge in [0.05, 0.1) is 10.6 Å². The van der Waals surface area contributed by atoms with Gasteiger partial charge in [0.2, 0.25) is 0 Å². The fraction of sp³-hybridized carbons (Fsp3) is 0.263. The normalized spacial score (nSPS) is 15.0. The molecule has 2 amide bonds. The number of benzene rings is 2. The second-order valence-corrected chi connectivity index (χ2v) is 6.48. The first-order chi connectivity index (χ1) is 12.0. The maximum absolute atomic E-state index is 12.5. The van der Waals surface area contributed by atoms with Crippen LogP contribution in [0.5, 0.6) is 5.75 Å². The highest BCUT2D eigenvalue weighted by molar-refractivity contribution is 6.33. The molecule has 25 heavy (non-hydrogen) atoms. The fourth-order valence-corrected chi connectivity index (χ4v) is 3.16. The molecular weight excluding hydrogens is 340 g/mol. The van der Waals surface area contributed by atoms with Crippen molar-refractivity contribution in [2.45, 2.75) is 18.9 Å². The molecule has 1 aliphatic heterocycles. The zero-order valence-electron chi connectivity index (χ0n) is 13.6. The molecule has 1 aliphatic rings. The standard InChI is InChI=1S/C19H19ClN2O3/c20-17-7-2-1-6-16(17)19(25)22-10-8-14(9-11-22)21-18(24)13-4-3-5-15(23)12-13/h1-7,12,14,23H,8-11H2,(H,21,24). The molecule has 3 rings (SSSR count). The number of carbonyl (C=O) groups excluding carboxylic acids is 2. The molecule has 0 radical (unpaired) electrons. The average molecular weight is 359 g/mol. The summed E-state index contributed by atoms with van der Waals surface area (Å²) in [6.45, 7) is 1.13. The molecule has 130 valence electrons. The zero-order chi connectivity index (χ0) is 17.8. The van der Waals surface area contributed by atoms with E-state index in [4.69, 9.17) is 11.6 Å². The minimum absolute atomic E-state index is 0.00476. The van der Waals surface area contributed by atoms with Crippen LogP contribution in [0.4, 0.5) is 0 Å². The number of halogens is 1. The Labute approximate surface area is 151 Å². The zero-order valence-corrected chi connectivity index (χ0v) is 14.4. The van der Waals surface area contributed by atoms with E-state index in [9.17, 15) is 14.7 Å². The third-order valence-electron chi connectivity index (χ3n) is 4.33. The van der Waals surface area contributed by atoms with Crippen LogP contribution in [0.1, 0.15) is 33.6 Å². The molecule has 2 aromatic carbocycles. The summed E-state index contributed by atoms with van der Waals surface area (Å²) in [6, 6.07) is 13.3. The Bertz CT molecular complexity index is 786. The maximum atomic E-state index is 12.5. The predicted octanol–water partition coefficient (Wildman–Crippen LogP) is 3.08. The van der Waals surface area contributed by atoms with Crippen LogP contribution < -0.4 is 5.32 Å². The first-order valence-corrected chi connectivity index (χ1v) is 8.56. The van der Waals surface area contributed by atoms with Crippen LogP contribution in [-0.4, -0.2) is 41.0 Å². The van der Waals surface area contributed by atoms with Crippen molar-refractivity contribution in [1.29, 1.82) is 0 Å². The van der Waals surface area contributed by atoms with Crippen molar-refractivity contribution in [3.63, 3.8) is 0 Å². The first-order valence-electron chi connectivity index (χ1n) is 8.18. The number of aromatic hydroxyl groups is 1. The van der Waals surface area contributed by atoms with Crippen molar-refractivity contribution < 1.29 is 14.7 Å². The minimum atomic E-state index is -0.216. The Balaban J connectivity index is 1.56. The Hall–Kier alpha value is -2.53. The molecule has 0 atom stereocenters. The van der Waals surface area contributed by atoms with Crippen LogP contribution in [0.3, 0.4) is 0 Å². The molecule has 2 N–H and O–H groups in total. The predicted molar refractivity (Wildman–Crippen MR) is 96.0 cm³/mol. The van der Waals surface area contributed by atoms with E-state index in [1.54, 1.807) is 41.3 Å². The SMILES string of the molecule is O=C(NC1CCN(C(=O)c2ccccc2Cl)CC1)c1cccc(O)c1. The van der Waals surface area contributed by atoms with E-state index in [0.29, 0.717) is 42.1 Å². The summed E-state index contributed by atoms with van der Waals surface area (Å²) in [6.07, 6.45) is 1.36. The van der Waals surface area contributed by atoms with Crippen molar-refractivity contribution in [3.05, 3.63) is 64.7 Å². The molecule has 0 aliphatic carbocycles. The van der Waals surface area contributed by atoms with Gasteiger partial charge in [0.15, 0.2) is 0 Å². The van der Waals surface area contributed by atoms with Gasteiger partial charge >= 0.3 is 0 Å². The monoisotopic (exact) mass is 358 g/mol. The fourth-order valence-electron chi connectivity index (χ4n) is 2.95. The molecular formula is C19H19ClN2O3. The number of hydrogen-bond donors (Lipinski definition) is 2. The molecule has 0 unspecified atom stereocenters. The van der Waals surface area contributed by atoms with Gasteiger partial charge < -0.3 is 15.3 Å². The van der Waals surface area contributed by atoms with Crippen molar-refractivity contribution in [3.8, 4) is 5.75 Å². The number of rotatable bonds is 3. The van der Waals surface area contributed by atoms with Crippen LogP contribution in [0.2, 0.25) is 5.02 Å². The average Bonchev–Trinajstić information content (AvgIpc) is 2.62. The maximum Gasteiger partial charge on any atom is 0.255 e. The lowest BCUT2D eigenvalue weighted by Gasteiger charge is -2.32. The van der Waals surface area contributed by atoms with Gasteiger partial charge in [-0.05, 0) is 43.2 Å². The third-order valence-corrected chi connectivity index (χ3v) is 4.66. The van der Waals surface area contributed by atoms with E-state index in [-0.39, 0.29) is 23.6 Å². The molecule has 0 bridgehead atoms. The van der Waals surface area contributed by atoms with Crippen molar-refractivity contribution >= 4 is 23.4 Å². The van der Waals surface area contributed by atoms with Crippen LogP contribution in [0.25, 0.3) is 0 Å². The number of phenols is 1.